The van der Waals surface area contributed by atoms with Crippen LogP contribution in [0.25, 0.3) is 0 Å². The molecule has 19 heavy (non-hydrogen) atoms. The molecule has 0 aromatic heterocycles. The van der Waals surface area contributed by atoms with Crippen molar-refractivity contribution in [1.29, 1.82) is 0 Å². The number of benzene rings is 1. The number of nitrogens with zero attached hydrogens (tertiary/aromatic N) is 2. The fraction of sp³-hybridized carbons (Fsp3) is 0.182. The molecule has 0 aliphatic heterocycles. The van der Waals surface area contributed by atoms with Crippen molar-refractivity contribution < 1.29 is 19.1 Å². The molecule has 8 heteroatoms. The lowest BCUT2D eigenvalue weighted by Gasteiger charge is -2.04. The van der Waals surface area contributed by atoms with Crippen LogP contribution in [0.15, 0.2) is 28.5 Å². The maximum atomic E-state index is 13.4. The van der Waals surface area contributed by atoms with Gasteiger partial charge in [0.1, 0.15) is 12.0 Å². The number of esters is 1. The van der Waals surface area contributed by atoms with E-state index in [0.29, 0.717) is 0 Å². The molecule has 0 saturated carbocycles. The van der Waals surface area contributed by atoms with E-state index in [2.05, 4.69) is 20.4 Å². The Bertz CT molecular complexity index is 520. The molecule has 1 aromatic carbocycles. The Morgan fingerprint density at radius 2 is 2.37 bits per heavy atom. The fourth-order valence-corrected chi connectivity index (χ4v) is 1.25. The van der Waals surface area contributed by atoms with Gasteiger partial charge in [-0.3, -0.25) is 5.43 Å². The number of carbonyl (C=O) groups is 1. The minimum Gasteiger partial charge on any atom is -0.461 e. The number of anilines is 1. The largest absolute Gasteiger partial charge is 0.461 e. The zero-order valence-corrected chi connectivity index (χ0v) is 10.7. The number of nitrogens with one attached hydrogen (secondary N) is 1. The predicted octanol–water partition coefficient (Wildman–Crippen LogP) is 2.27. The molecule has 0 saturated heterocycles. The maximum absolute atomic E-state index is 13.4. The van der Waals surface area contributed by atoms with Crippen LogP contribution in [-0.4, -0.2) is 29.7 Å². The summed E-state index contributed by atoms with van der Waals surface area (Å²) in [4.78, 5) is 11.4. The molecule has 0 radical (unpaired) electrons. The number of hydrazone groups is 1. The van der Waals surface area contributed by atoms with E-state index in [9.17, 15) is 9.18 Å². The molecule has 0 unspecified atom stereocenters. The molecule has 102 valence electrons. The molecule has 2 N–H and O–H groups in total. The molecule has 0 atom stereocenters. The molecule has 0 amide bonds. The fourth-order valence-electron chi connectivity index (χ4n) is 1.09. The Hall–Kier alpha value is -2.15. The average molecular weight is 288 g/mol. The van der Waals surface area contributed by atoms with E-state index >= 15 is 0 Å². The van der Waals surface area contributed by atoms with Gasteiger partial charge in [0, 0.05) is 5.02 Å². The van der Waals surface area contributed by atoms with Crippen molar-refractivity contribution in [3.63, 3.8) is 0 Å². The van der Waals surface area contributed by atoms with Gasteiger partial charge in [0.05, 0.1) is 12.3 Å². The minimum atomic E-state index is -0.804. The molecular weight excluding hydrogens is 277 g/mol. The Balaban J connectivity index is 2.88. The van der Waals surface area contributed by atoms with Gasteiger partial charge < -0.3 is 9.94 Å². The SMILES string of the molecule is CCOC(=O)C(/C=N/O)=N/Nc1ccc(Cl)cc1F. The maximum Gasteiger partial charge on any atom is 0.360 e. The van der Waals surface area contributed by atoms with Crippen molar-refractivity contribution in [2.45, 2.75) is 6.92 Å². The summed E-state index contributed by atoms with van der Waals surface area (Å²) in [6.07, 6.45) is 0.777. The number of halogens is 2. The quantitative estimate of drug-likeness (QED) is 0.377. The van der Waals surface area contributed by atoms with E-state index in [1.807, 2.05) is 0 Å². The molecule has 0 aliphatic carbocycles. The zero-order chi connectivity index (χ0) is 14.3. The normalized spacial score (nSPS) is 11.6. The smallest absolute Gasteiger partial charge is 0.360 e. The standard InChI is InChI=1S/C11H11ClFN3O3/c1-2-19-11(17)10(6-14-18)16-15-9-4-3-7(12)5-8(9)13/h3-6,15,18H,2H2,1H3/b14-6+,16-10+. The highest BCUT2D eigenvalue weighted by Crippen LogP contribution is 2.18. The van der Waals surface area contributed by atoms with Gasteiger partial charge in [-0.05, 0) is 25.1 Å². The lowest BCUT2D eigenvalue weighted by molar-refractivity contribution is -0.134. The second-order valence-corrected chi connectivity index (χ2v) is 3.63. The number of rotatable bonds is 5. The zero-order valence-electron chi connectivity index (χ0n) is 9.93. The molecule has 1 aromatic rings. The van der Waals surface area contributed by atoms with Gasteiger partial charge in [-0.1, -0.05) is 16.8 Å². The summed E-state index contributed by atoms with van der Waals surface area (Å²) in [5.74, 6) is -1.44. The van der Waals surface area contributed by atoms with Gasteiger partial charge in [0.2, 0.25) is 0 Å². The van der Waals surface area contributed by atoms with E-state index in [4.69, 9.17) is 16.8 Å². The first-order valence-electron chi connectivity index (χ1n) is 5.21. The van der Waals surface area contributed by atoms with Crippen LogP contribution in [0.1, 0.15) is 6.92 Å². The summed E-state index contributed by atoms with van der Waals surface area (Å²) in [6, 6.07) is 3.89. The summed E-state index contributed by atoms with van der Waals surface area (Å²) in [6.45, 7) is 1.74. The second kappa shape index (κ2) is 7.32. The van der Waals surface area contributed by atoms with Crippen LogP contribution in [0.4, 0.5) is 10.1 Å². The highest BCUT2D eigenvalue weighted by Gasteiger charge is 2.11. The Kier molecular flexibility index (Phi) is 5.74. The van der Waals surface area contributed by atoms with Crippen LogP contribution in [0.2, 0.25) is 5.02 Å². The van der Waals surface area contributed by atoms with Gasteiger partial charge in [0.25, 0.3) is 0 Å². The van der Waals surface area contributed by atoms with Crippen LogP contribution in [-0.2, 0) is 9.53 Å². The first-order chi connectivity index (χ1) is 9.08. The molecule has 0 bridgehead atoms. The van der Waals surface area contributed by atoms with Gasteiger partial charge in [-0.2, -0.15) is 5.10 Å². The van der Waals surface area contributed by atoms with Crippen LogP contribution in [0.5, 0.6) is 0 Å². The monoisotopic (exact) mass is 287 g/mol. The second-order valence-electron chi connectivity index (χ2n) is 3.20. The Morgan fingerprint density at radius 1 is 1.63 bits per heavy atom. The van der Waals surface area contributed by atoms with Crippen molar-refractivity contribution in [2.24, 2.45) is 10.3 Å². The number of carbonyl (C=O) groups excluding carboxylic acids is 1. The van der Waals surface area contributed by atoms with E-state index in [-0.39, 0.29) is 23.0 Å². The average Bonchev–Trinajstić information content (AvgIpc) is 2.36. The van der Waals surface area contributed by atoms with Crippen LogP contribution >= 0.6 is 11.6 Å². The van der Waals surface area contributed by atoms with E-state index in [1.165, 1.54) is 12.1 Å². The lowest BCUT2D eigenvalue weighted by atomic mass is 10.3. The summed E-state index contributed by atoms with van der Waals surface area (Å²) in [5, 5.41) is 14.9. The van der Waals surface area contributed by atoms with Crippen molar-refractivity contribution in [2.75, 3.05) is 12.0 Å². The topological polar surface area (TPSA) is 83.3 Å². The molecule has 6 nitrogen and oxygen atoms in total. The molecular formula is C11H11ClFN3O3. The van der Waals surface area contributed by atoms with Gasteiger partial charge in [0.15, 0.2) is 5.71 Å². The summed E-state index contributed by atoms with van der Waals surface area (Å²) < 4.78 is 18.1. The van der Waals surface area contributed by atoms with E-state index in [0.717, 1.165) is 12.3 Å². The molecule has 0 heterocycles. The number of ether oxygens (including phenoxy) is 1. The first-order valence-corrected chi connectivity index (χ1v) is 5.59. The van der Waals surface area contributed by atoms with Gasteiger partial charge >= 0.3 is 5.97 Å². The third-order valence-corrected chi connectivity index (χ3v) is 2.13. The molecule has 1 rings (SSSR count). The van der Waals surface area contributed by atoms with E-state index in [1.54, 1.807) is 6.92 Å². The first kappa shape index (κ1) is 14.9. The third kappa shape index (κ3) is 4.55. The highest BCUT2D eigenvalue weighted by molar-refractivity contribution is 6.59. The highest BCUT2D eigenvalue weighted by atomic mass is 35.5. The number of oxime groups is 1. The van der Waals surface area contributed by atoms with Crippen molar-refractivity contribution in [3.05, 3.63) is 29.0 Å². The van der Waals surface area contributed by atoms with Gasteiger partial charge in [-0.15, -0.1) is 0 Å². The van der Waals surface area contributed by atoms with Gasteiger partial charge in [-0.25, -0.2) is 9.18 Å². The van der Waals surface area contributed by atoms with Crippen molar-refractivity contribution in [3.8, 4) is 0 Å². The summed E-state index contributed by atoms with van der Waals surface area (Å²) in [7, 11) is 0. The lowest BCUT2D eigenvalue weighted by Crippen LogP contribution is -2.20. The predicted molar refractivity (Wildman–Crippen MR) is 69.4 cm³/mol. The Labute approximate surface area is 113 Å². The summed E-state index contributed by atoms with van der Waals surface area (Å²) >= 11 is 5.59. The van der Waals surface area contributed by atoms with E-state index < -0.39 is 11.8 Å². The molecule has 0 fully saturated rings. The minimum absolute atomic E-state index is 0.0116. The van der Waals surface area contributed by atoms with Crippen LogP contribution in [0.3, 0.4) is 0 Å². The summed E-state index contributed by atoms with van der Waals surface area (Å²) in [5.41, 5.74) is 2.02. The van der Waals surface area contributed by atoms with Crippen LogP contribution in [0, 0.1) is 5.82 Å². The number of hydrogen-bond acceptors (Lipinski definition) is 6. The Morgan fingerprint density at radius 3 is 2.95 bits per heavy atom. The van der Waals surface area contributed by atoms with Crippen molar-refractivity contribution >= 4 is 35.2 Å². The molecule has 0 aliphatic rings. The molecule has 0 spiro atoms. The van der Waals surface area contributed by atoms with Crippen LogP contribution < -0.4 is 5.43 Å². The number of hydrogen-bond donors (Lipinski definition) is 2. The van der Waals surface area contributed by atoms with Crippen molar-refractivity contribution in [1.82, 2.24) is 0 Å². The third-order valence-electron chi connectivity index (χ3n) is 1.89.